The summed E-state index contributed by atoms with van der Waals surface area (Å²) >= 11 is 0. The van der Waals surface area contributed by atoms with Crippen molar-refractivity contribution >= 4 is 10.8 Å². The van der Waals surface area contributed by atoms with Gasteiger partial charge >= 0.3 is 0 Å². The van der Waals surface area contributed by atoms with Crippen LogP contribution in [-0.2, 0) is 5.41 Å². The predicted octanol–water partition coefficient (Wildman–Crippen LogP) is 4.57. The van der Waals surface area contributed by atoms with E-state index >= 15 is 0 Å². The second-order valence-electron chi connectivity index (χ2n) is 5.74. The molecule has 106 valence electrons. The minimum absolute atomic E-state index is 0.160. The van der Waals surface area contributed by atoms with E-state index in [-0.39, 0.29) is 5.41 Å². The van der Waals surface area contributed by atoms with Crippen molar-refractivity contribution in [3.05, 3.63) is 72.1 Å². The van der Waals surface area contributed by atoms with E-state index in [0.29, 0.717) is 0 Å². The van der Waals surface area contributed by atoms with E-state index in [1.807, 2.05) is 24.4 Å². The molecule has 0 bridgehead atoms. The third-order valence-corrected chi connectivity index (χ3v) is 4.06. The Morgan fingerprint density at radius 1 is 0.952 bits per heavy atom. The lowest BCUT2D eigenvalue weighted by Gasteiger charge is -2.26. The maximum Gasteiger partial charge on any atom is 0.119 e. The Kier molecular flexibility index (Phi) is 3.38. The molecule has 0 atom stereocenters. The molecule has 2 heteroatoms. The number of fused-ring (bicyclic) bond motifs is 1. The van der Waals surface area contributed by atoms with Crippen molar-refractivity contribution < 1.29 is 4.74 Å². The predicted molar refractivity (Wildman–Crippen MR) is 86.9 cm³/mol. The molecule has 1 heterocycles. The fourth-order valence-electron chi connectivity index (χ4n) is 2.76. The van der Waals surface area contributed by atoms with Gasteiger partial charge in [-0.3, -0.25) is 4.98 Å². The van der Waals surface area contributed by atoms with E-state index in [4.69, 9.17) is 4.74 Å². The van der Waals surface area contributed by atoms with E-state index < -0.39 is 0 Å². The van der Waals surface area contributed by atoms with E-state index in [1.54, 1.807) is 7.11 Å². The van der Waals surface area contributed by atoms with Crippen LogP contribution in [0.1, 0.15) is 25.1 Å². The molecular formula is C19H19NO. The van der Waals surface area contributed by atoms with E-state index in [2.05, 4.69) is 55.2 Å². The number of pyridine rings is 1. The van der Waals surface area contributed by atoms with Crippen LogP contribution in [0.25, 0.3) is 10.8 Å². The molecule has 0 radical (unpaired) electrons. The van der Waals surface area contributed by atoms with Gasteiger partial charge in [-0.05, 0) is 29.1 Å². The van der Waals surface area contributed by atoms with Gasteiger partial charge in [0.1, 0.15) is 5.75 Å². The maximum atomic E-state index is 5.37. The van der Waals surface area contributed by atoms with Crippen LogP contribution >= 0.6 is 0 Å². The van der Waals surface area contributed by atoms with Crippen LogP contribution in [0.3, 0.4) is 0 Å². The number of nitrogens with zero attached hydrogens (tertiary/aromatic N) is 1. The van der Waals surface area contributed by atoms with Gasteiger partial charge in [0, 0.05) is 17.0 Å². The Hall–Kier alpha value is -2.35. The highest BCUT2D eigenvalue weighted by Gasteiger charge is 2.26. The van der Waals surface area contributed by atoms with Gasteiger partial charge in [-0.25, -0.2) is 0 Å². The molecule has 0 saturated carbocycles. The Bertz CT molecular complexity index is 763. The molecule has 21 heavy (non-hydrogen) atoms. The second-order valence-corrected chi connectivity index (χ2v) is 5.74. The lowest BCUT2D eigenvalue weighted by atomic mass is 9.79. The van der Waals surface area contributed by atoms with Crippen LogP contribution in [0.5, 0.6) is 5.75 Å². The van der Waals surface area contributed by atoms with Crippen molar-refractivity contribution in [2.45, 2.75) is 19.3 Å². The third-order valence-electron chi connectivity index (χ3n) is 4.06. The monoisotopic (exact) mass is 277 g/mol. The van der Waals surface area contributed by atoms with Gasteiger partial charge in [-0.2, -0.15) is 0 Å². The van der Waals surface area contributed by atoms with Crippen LogP contribution in [0.4, 0.5) is 0 Å². The molecule has 3 rings (SSSR count). The first-order valence-corrected chi connectivity index (χ1v) is 7.11. The first-order valence-electron chi connectivity index (χ1n) is 7.11. The molecule has 2 aromatic carbocycles. The number of hydrogen-bond acceptors (Lipinski definition) is 2. The number of benzene rings is 2. The SMILES string of the molecule is COc1ccc2ccnc(C(C)(C)c3ccccc3)c2c1. The minimum atomic E-state index is -0.160. The summed E-state index contributed by atoms with van der Waals surface area (Å²) in [7, 11) is 1.69. The van der Waals surface area contributed by atoms with Gasteiger partial charge in [0.15, 0.2) is 0 Å². The number of ether oxygens (including phenoxy) is 1. The summed E-state index contributed by atoms with van der Waals surface area (Å²) in [6, 6.07) is 18.7. The van der Waals surface area contributed by atoms with Gasteiger partial charge in [-0.1, -0.05) is 50.2 Å². The van der Waals surface area contributed by atoms with Crippen molar-refractivity contribution in [1.82, 2.24) is 4.98 Å². The van der Waals surface area contributed by atoms with Gasteiger partial charge in [0.05, 0.1) is 12.8 Å². The molecule has 1 aromatic heterocycles. The van der Waals surface area contributed by atoms with Crippen molar-refractivity contribution in [3.8, 4) is 5.75 Å². The molecular weight excluding hydrogens is 258 g/mol. The van der Waals surface area contributed by atoms with Crippen LogP contribution in [0.2, 0.25) is 0 Å². The first-order chi connectivity index (χ1) is 10.1. The third kappa shape index (κ3) is 2.38. The zero-order valence-corrected chi connectivity index (χ0v) is 12.6. The number of rotatable bonds is 3. The lowest BCUT2D eigenvalue weighted by molar-refractivity contribution is 0.415. The van der Waals surface area contributed by atoms with Gasteiger partial charge in [0.25, 0.3) is 0 Å². The standard InChI is InChI=1S/C19H19NO/c1-19(2,15-7-5-4-6-8-15)18-17-13-16(21-3)10-9-14(17)11-12-20-18/h4-13H,1-3H3. The maximum absolute atomic E-state index is 5.37. The summed E-state index contributed by atoms with van der Waals surface area (Å²) in [5, 5.41) is 2.33. The minimum Gasteiger partial charge on any atom is -0.497 e. The Balaban J connectivity index is 2.24. The summed E-state index contributed by atoms with van der Waals surface area (Å²) in [5.74, 6) is 0.862. The normalized spacial score (nSPS) is 11.6. The molecule has 0 saturated heterocycles. The summed E-state index contributed by atoms with van der Waals surface area (Å²) < 4.78 is 5.37. The molecule has 0 aliphatic carbocycles. The van der Waals surface area contributed by atoms with Gasteiger partial charge in [-0.15, -0.1) is 0 Å². The summed E-state index contributed by atoms with van der Waals surface area (Å²) in [6.45, 7) is 4.42. The molecule has 0 aliphatic rings. The fraction of sp³-hybridized carbons (Fsp3) is 0.211. The average molecular weight is 277 g/mol. The van der Waals surface area contributed by atoms with Crippen LogP contribution < -0.4 is 4.74 Å². The molecule has 0 N–H and O–H groups in total. The summed E-state index contributed by atoms with van der Waals surface area (Å²) in [5.41, 5.74) is 2.17. The molecule has 0 amide bonds. The van der Waals surface area contributed by atoms with Gasteiger partial charge < -0.3 is 4.74 Å². The largest absolute Gasteiger partial charge is 0.497 e. The second kappa shape index (κ2) is 5.21. The number of methoxy groups -OCH3 is 1. The molecule has 0 fully saturated rings. The van der Waals surface area contributed by atoms with E-state index in [9.17, 15) is 0 Å². The Morgan fingerprint density at radius 2 is 1.71 bits per heavy atom. The van der Waals surface area contributed by atoms with E-state index in [1.165, 1.54) is 10.9 Å². The number of hydrogen-bond donors (Lipinski definition) is 0. The quantitative estimate of drug-likeness (QED) is 0.699. The highest BCUT2D eigenvalue weighted by Crippen LogP contribution is 2.35. The van der Waals surface area contributed by atoms with Crippen LogP contribution in [0.15, 0.2) is 60.8 Å². The van der Waals surface area contributed by atoms with Crippen LogP contribution in [0, 0.1) is 0 Å². The van der Waals surface area contributed by atoms with Gasteiger partial charge in [0.2, 0.25) is 0 Å². The highest BCUT2D eigenvalue weighted by molar-refractivity contribution is 5.87. The number of aromatic nitrogens is 1. The summed E-state index contributed by atoms with van der Waals surface area (Å²) in [6.07, 6.45) is 1.88. The topological polar surface area (TPSA) is 22.1 Å². The smallest absolute Gasteiger partial charge is 0.119 e. The van der Waals surface area contributed by atoms with Crippen molar-refractivity contribution in [2.24, 2.45) is 0 Å². The van der Waals surface area contributed by atoms with Crippen molar-refractivity contribution in [1.29, 1.82) is 0 Å². The van der Waals surface area contributed by atoms with Crippen LogP contribution in [-0.4, -0.2) is 12.1 Å². The molecule has 0 unspecified atom stereocenters. The fourth-order valence-corrected chi connectivity index (χ4v) is 2.76. The summed E-state index contributed by atoms with van der Waals surface area (Å²) in [4.78, 5) is 4.67. The lowest BCUT2D eigenvalue weighted by Crippen LogP contribution is -2.20. The first kappa shape index (κ1) is 13.6. The molecule has 3 aromatic rings. The molecule has 0 spiro atoms. The zero-order valence-electron chi connectivity index (χ0n) is 12.6. The van der Waals surface area contributed by atoms with Crippen molar-refractivity contribution in [3.63, 3.8) is 0 Å². The molecule has 0 aliphatic heterocycles. The average Bonchev–Trinajstić information content (AvgIpc) is 2.54. The van der Waals surface area contributed by atoms with Crippen molar-refractivity contribution in [2.75, 3.05) is 7.11 Å². The zero-order chi connectivity index (χ0) is 14.9. The Morgan fingerprint density at radius 3 is 2.43 bits per heavy atom. The Labute approximate surface area is 125 Å². The highest BCUT2D eigenvalue weighted by atomic mass is 16.5. The van der Waals surface area contributed by atoms with E-state index in [0.717, 1.165) is 16.8 Å². The molecule has 2 nitrogen and oxygen atoms in total.